The molecule has 2 aromatic heterocycles. The lowest BCUT2D eigenvalue weighted by molar-refractivity contribution is 0.0955. The van der Waals surface area contributed by atoms with Crippen molar-refractivity contribution in [2.75, 3.05) is 6.54 Å². The Hall–Kier alpha value is -1.61. The van der Waals surface area contributed by atoms with Crippen LogP contribution in [0.5, 0.6) is 0 Å². The van der Waals surface area contributed by atoms with Crippen LogP contribution in [0.15, 0.2) is 23.6 Å². The summed E-state index contributed by atoms with van der Waals surface area (Å²) in [4.78, 5) is 14.8. The van der Waals surface area contributed by atoms with E-state index in [1.165, 1.54) is 11.3 Å². The van der Waals surface area contributed by atoms with E-state index in [1.54, 1.807) is 11.3 Å². The first-order valence-corrected chi connectivity index (χ1v) is 7.49. The van der Waals surface area contributed by atoms with Crippen molar-refractivity contribution < 1.29 is 4.79 Å². The molecular formula is C14H14N2OS2. The van der Waals surface area contributed by atoms with Gasteiger partial charge in [0.1, 0.15) is 0 Å². The predicted molar refractivity (Wildman–Crippen MR) is 80.5 cm³/mol. The lowest BCUT2D eigenvalue weighted by Crippen LogP contribution is -2.21. The summed E-state index contributed by atoms with van der Waals surface area (Å²) in [7, 11) is 0. The summed E-state index contributed by atoms with van der Waals surface area (Å²) in [5, 5.41) is 4.88. The summed E-state index contributed by atoms with van der Waals surface area (Å²) in [5.41, 5.74) is 6.27. The van der Waals surface area contributed by atoms with Gasteiger partial charge in [-0.3, -0.25) is 4.79 Å². The molecule has 0 fully saturated rings. The van der Waals surface area contributed by atoms with E-state index in [2.05, 4.69) is 17.2 Å². The summed E-state index contributed by atoms with van der Waals surface area (Å²) in [6, 6.07) is 5.78. The minimum atomic E-state index is -0.0268. The third-order valence-corrected chi connectivity index (χ3v) is 4.31. The second-order valence-electron chi connectivity index (χ2n) is 3.90. The van der Waals surface area contributed by atoms with Crippen molar-refractivity contribution in [2.24, 2.45) is 5.73 Å². The maximum atomic E-state index is 11.9. The second kappa shape index (κ2) is 6.53. The van der Waals surface area contributed by atoms with Crippen molar-refractivity contribution in [2.45, 2.75) is 13.5 Å². The van der Waals surface area contributed by atoms with E-state index >= 15 is 0 Å². The molecule has 5 heteroatoms. The van der Waals surface area contributed by atoms with Gasteiger partial charge in [0.2, 0.25) is 0 Å². The number of carbonyl (C=O) groups excluding carboxylic acids is 1. The lowest BCUT2D eigenvalue weighted by atomic mass is 10.3. The summed E-state index contributed by atoms with van der Waals surface area (Å²) in [5.74, 6) is 5.76. The van der Waals surface area contributed by atoms with Gasteiger partial charge in [0.05, 0.1) is 18.0 Å². The highest BCUT2D eigenvalue weighted by Gasteiger charge is 2.08. The quantitative estimate of drug-likeness (QED) is 0.853. The van der Waals surface area contributed by atoms with E-state index in [0.29, 0.717) is 13.1 Å². The Labute approximate surface area is 120 Å². The molecule has 0 aliphatic rings. The molecule has 0 unspecified atom stereocenters. The average molecular weight is 290 g/mol. The van der Waals surface area contributed by atoms with E-state index in [-0.39, 0.29) is 5.91 Å². The van der Waals surface area contributed by atoms with Gasteiger partial charge >= 0.3 is 0 Å². The van der Waals surface area contributed by atoms with Crippen molar-refractivity contribution in [3.63, 3.8) is 0 Å². The monoisotopic (exact) mass is 290 g/mol. The summed E-state index contributed by atoms with van der Waals surface area (Å²) < 4.78 is 0. The first-order valence-electron chi connectivity index (χ1n) is 5.80. The number of hydrogen-bond acceptors (Lipinski definition) is 4. The van der Waals surface area contributed by atoms with Crippen LogP contribution < -0.4 is 11.1 Å². The van der Waals surface area contributed by atoms with Gasteiger partial charge in [0, 0.05) is 20.7 Å². The smallest absolute Gasteiger partial charge is 0.261 e. The van der Waals surface area contributed by atoms with Crippen LogP contribution in [0.25, 0.3) is 0 Å². The van der Waals surface area contributed by atoms with Crippen molar-refractivity contribution in [1.29, 1.82) is 0 Å². The minimum Gasteiger partial charge on any atom is -0.346 e. The fourth-order valence-electron chi connectivity index (χ4n) is 1.50. The van der Waals surface area contributed by atoms with Gasteiger partial charge in [-0.25, -0.2) is 0 Å². The van der Waals surface area contributed by atoms with Crippen LogP contribution in [0.3, 0.4) is 0 Å². The van der Waals surface area contributed by atoms with Crippen molar-refractivity contribution in [1.82, 2.24) is 5.32 Å². The molecule has 0 saturated carbocycles. The van der Waals surface area contributed by atoms with Gasteiger partial charge in [-0.2, -0.15) is 0 Å². The molecule has 0 aliphatic heterocycles. The standard InChI is InChI=1S/C14H14N2OS2/c1-10-4-5-13(19-10)14(17)16-8-12-7-11(9-18-12)3-2-6-15/h4-5,7,9H,6,8,15H2,1H3,(H,16,17). The van der Waals surface area contributed by atoms with Crippen LogP contribution in [0, 0.1) is 18.8 Å². The molecule has 0 aromatic carbocycles. The molecule has 0 aliphatic carbocycles. The first kappa shape index (κ1) is 13.8. The molecule has 0 bridgehead atoms. The normalized spacial score (nSPS) is 9.79. The number of nitrogens with two attached hydrogens (primary N) is 1. The molecule has 0 spiro atoms. The maximum absolute atomic E-state index is 11.9. The molecule has 0 atom stereocenters. The Balaban J connectivity index is 1.92. The fraction of sp³-hybridized carbons (Fsp3) is 0.214. The van der Waals surface area contributed by atoms with Gasteiger partial charge in [0.15, 0.2) is 0 Å². The average Bonchev–Trinajstić information content (AvgIpc) is 3.02. The number of hydrogen-bond donors (Lipinski definition) is 2. The molecule has 3 N–H and O–H groups in total. The van der Waals surface area contributed by atoms with E-state index in [0.717, 1.165) is 20.2 Å². The lowest BCUT2D eigenvalue weighted by Gasteiger charge is -2.00. The summed E-state index contributed by atoms with van der Waals surface area (Å²) >= 11 is 3.09. The highest BCUT2D eigenvalue weighted by Crippen LogP contribution is 2.16. The van der Waals surface area contributed by atoms with Crippen molar-refractivity contribution >= 4 is 28.6 Å². The molecule has 98 valence electrons. The second-order valence-corrected chi connectivity index (χ2v) is 6.18. The molecule has 0 saturated heterocycles. The molecule has 2 heterocycles. The van der Waals surface area contributed by atoms with E-state index in [1.807, 2.05) is 30.5 Å². The van der Waals surface area contributed by atoms with Crippen molar-refractivity contribution in [3.8, 4) is 11.8 Å². The Kier molecular flexibility index (Phi) is 4.74. The molecular weight excluding hydrogens is 276 g/mol. The number of carbonyl (C=O) groups is 1. The predicted octanol–water partition coefficient (Wildman–Crippen LogP) is 2.36. The largest absolute Gasteiger partial charge is 0.346 e. The summed E-state index contributed by atoms with van der Waals surface area (Å²) in [6.07, 6.45) is 0. The number of rotatable bonds is 3. The molecule has 1 amide bonds. The van der Waals surface area contributed by atoms with Gasteiger partial charge in [-0.05, 0) is 25.1 Å². The molecule has 3 nitrogen and oxygen atoms in total. The van der Waals surface area contributed by atoms with Crippen LogP contribution in [0.4, 0.5) is 0 Å². The van der Waals surface area contributed by atoms with E-state index < -0.39 is 0 Å². The Morgan fingerprint density at radius 1 is 1.47 bits per heavy atom. The Morgan fingerprint density at radius 3 is 3.00 bits per heavy atom. The third-order valence-electron chi connectivity index (χ3n) is 2.38. The number of amides is 1. The topological polar surface area (TPSA) is 55.1 Å². The minimum absolute atomic E-state index is 0.0268. The Morgan fingerprint density at radius 2 is 2.32 bits per heavy atom. The molecule has 2 aromatic rings. The van der Waals surface area contributed by atoms with Crippen LogP contribution in [-0.2, 0) is 6.54 Å². The van der Waals surface area contributed by atoms with Gasteiger partial charge in [0.25, 0.3) is 5.91 Å². The highest BCUT2D eigenvalue weighted by molar-refractivity contribution is 7.14. The SMILES string of the molecule is Cc1ccc(C(=O)NCc2cc(C#CCN)cs2)s1. The van der Waals surface area contributed by atoms with E-state index in [4.69, 9.17) is 5.73 Å². The van der Waals surface area contributed by atoms with Gasteiger partial charge in [-0.15, -0.1) is 22.7 Å². The first-order chi connectivity index (χ1) is 9.19. The molecule has 2 rings (SSSR count). The zero-order valence-electron chi connectivity index (χ0n) is 10.5. The summed E-state index contributed by atoms with van der Waals surface area (Å²) in [6.45, 7) is 2.88. The van der Waals surface area contributed by atoms with Gasteiger partial charge in [-0.1, -0.05) is 11.8 Å². The fourth-order valence-corrected chi connectivity index (χ4v) is 3.04. The van der Waals surface area contributed by atoms with Crippen LogP contribution in [0.1, 0.15) is 25.0 Å². The van der Waals surface area contributed by atoms with E-state index in [9.17, 15) is 4.79 Å². The van der Waals surface area contributed by atoms with Crippen LogP contribution in [-0.4, -0.2) is 12.5 Å². The van der Waals surface area contributed by atoms with Crippen LogP contribution >= 0.6 is 22.7 Å². The Bertz CT molecular complexity index is 631. The zero-order valence-corrected chi connectivity index (χ0v) is 12.2. The highest BCUT2D eigenvalue weighted by atomic mass is 32.1. The maximum Gasteiger partial charge on any atom is 0.261 e. The number of thiophene rings is 2. The van der Waals surface area contributed by atoms with Gasteiger partial charge < -0.3 is 11.1 Å². The molecule has 0 radical (unpaired) electrons. The van der Waals surface area contributed by atoms with Crippen LogP contribution in [0.2, 0.25) is 0 Å². The van der Waals surface area contributed by atoms with Crippen molar-refractivity contribution in [3.05, 3.63) is 43.8 Å². The third kappa shape index (κ3) is 3.93. The molecule has 19 heavy (non-hydrogen) atoms. The zero-order chi connectivity index (χ0) is 13.7. The number of aryl methyl sites for hydroxylation is 1. The number of nitrogens with one attached hydrogen (secondary N) is 1.